The van der Waals surface area contributed by atoms with E-state index < -0.39 is 0 Å². The first-order chi connectivity index (χ1) is 7.69. The van der Waals surface area contributed by atoms with Crippen LogP contribution in [0.15, 0.2) is 49.1 Å². The van der Waals surface area contributed by atoms with Gasteiger partial charge in [0.15, 0.2) is 0 Å². The molecule has 0 atom stereocenters. The zero-order valence-electron chi connectivity index (χ0n) is 11.4. The molecular weight excluding hydrogens is 194 g/mol. The third-order valence-corrected chi connectivity index (χ3v) is 2.25. The second kappa shape index (κ2) is 13.9. The Morgan fingerprint density at radius 2 is 1.56 bits per heavy atom. The number of rotatable bonds is 6. The fourth-order valence-corrected chi connectivity index (χ4v) is 1.19. The molecule has 16 heavy (non-hydrogen) atoms. The second-order valence-corrected chi connectivity index (χ2v) is 3.23. The summed E-state index contributed by atoms with van der Waals surface area (Å²) in [5, 5.41) is 0. The summed E-state index contributed by atoms with van der Waals surface area (Å²) in [6.45, 7) is 19.3. The van der Waals surface area contributed by atoms with Crippen LogP contribution in [0.1, 0.15) is 27.7 Å². The lowest BCUT2D eigenvalue weighted by Gasteiger charge is -2.13. The van der Waals surface area contributed by atoms with E-state index in [0.29, 0.717) is 0 Å². The Bertz CT molecular complexity index is 214. The highest BCUT2D eigenvalue weighted by Gasteiger charge is 1.89. The highest BCUT2D eigenvalue weighted by molar-refractivity contribution is 5.31. The minimum absolute atomic E-state index is 1.09. The average Bonchev–Trinajstić information content (AvgIpc) is 2.32. The minimum Gasteiger partial charge on any atom is -0.304 e. The summed E-state index contributed by atoms with van der Waals surface area (Å²) in [6.07, 6.45) is 9.40. The van der Waals surface area contributed by atoms with Crippen molar-refractivity contribution in [2.45, 2.75) is 27.7 Å². The third kappa shape index (κ3) is 11.0. The molecule has 0 rings (SSSR count). The summed E-state index contributed by atoms with van der Waals surface area (Å²) in [5.74, 6) is 0. The topological polar surface area (TPSA) is 3.24 Å². The Morgan fingerprint density at radius 3 is 1.75 bits per heavy atom. The van der Waals surface area contributed by atoms with Crippen molar-refractivity contribution in [2.75, 3.05) is 19.6 Å². The van der Waals surface area contributed by atoms with E-state index in [0.717, 1.165) is 5.57 Å². The van der Waals surface area contributed by atoms with E-state index in [1.807, 2.05) is 25.2 Å². The van der Waals surface area contributed by atoms with E-state index in [9.17, 15) is 0 Å². The maximum absolute atomic E-state index is 3.63. The second-order valence-electron chi connectivity index (χ2n) is 3.23. The molecule has 92 valence electrons. The van der Waals surface area contributed by atoms with Crippen molar-refractivity contribution in [3.05, 3.63) is 49.1 Å². The lowest BCUT2D eigenvalue weighted by Crippen LogP contribution is -2.21. The molecular formula is C15H27N. The van der Waals surface area contributed by atoms with E-state index in [1.54, 1.807) is 12.2 Å². The van der Waals surface area contributed by atoms with Gasteiger partial charge in [-0.1, -0.05) is 64.3 Å². The first-order valence-corrected chi connectivity index (χ1v) is 6.00. The summed E-state index contributed by atoms with van der Waals surface area (Å²) in [7, 11) is 0. The molecule has 0 heterocycles. The summed E-state index contributed by atoms with van der Waals surface area (Å²) in [4.78, 5) is 2.38. The zero-order valence-corrected chi connectivity index (χ0v) is 11.4. The Balaban J connectivity index is 0. The van der Waals surface area contributed by atoms with Gasteiger partial charge in [-0.15, -0.1) is 0 Å². The van der Waals surface area contributed by atoms with Crippen LogP contribution in [0.3, 0.4) is 0 Å². The molecule has 0 aliphatic carbocycles. The molecule has 1 heteroatoms. The van der Waals surface area contributed by atoms with Crippen molar-refractivity contribution in [3.8, 4) is 0 Å². The van der Waals surface area contributed by atoms with Gasteiger partial charge in [-0.3, -0.25) is 0 Å². The van der Waals surface area contributed by atoms with Crippen LogP contribution < -0.4 is 0 Å². The van der Waals surface area contributed by atoms with Crippen LogP contribution in [0.5, 0.6) is 0 Å². The molecule has 0 saturated heterocycles. The summed E-state index contributed by atoms with van der Waals surface area (Å²) < 4.78 is 0. The van der Waals surface area contributed by atoms with Crippen molar-refractivity contribution < 1.29 is 0 Å². The summed E-state index contributed by atoms with van der Waals surface area (Å²) in [6, 6.07) is 0. The van der Waals surface area contributed by atoms with Gasteiger partial charge in [0.2, 0.25) is 0 Å². The smallest absolute Gasteiger partial charge is 0.00474 e. The fourth-order valence-electron chi connectivity index (χ4n) is 1.19. The standard InChI is InChI=1S/C9H12.C6H15N/c1-4-7-9(6-3)8-5-2;1-4-7(5-2)6-3/h4-8H,1,3H2,2H3;4-6H2,1-3H3/b8-5-,9-7-;. The predicted octanol–water partition coefficient (Wildman–Crippen LogP) is 4.21. The molecule has 0 amide bonds. The van der Waals surface area contributed by atoms with Crippen molar-refractivity contribution in [1.29, 1.82) is 0 Å². The molecule has 0 aliphatic heterocycles. The van der Waals surface area contributed by atoms with Gasteiger partial charge in [-0.25, -0.2) is 0 Å². The minimum atomic E-state index is 1.09. The maximum Gasteiger partial charge on any atom is -0.00474 e. The molecule has 1 nitrogen and oxygen atoms in total. The molecule has 0 aliphatic rings. The van der Waals surface area contributed by atoms with Gasteiger partial charge in [-0.2, -0.15) is 0 Å². The van der Waals surface area contributed by atoms with Crippen molar-refractivity contribution in [3.63, 3.8) is 0 Å². The zero-order chi connectivity index (χ0) is 12.8. The van der Waals surface area contributed by atoms with E-state index >= 15 is 0 Å². The van der Waals surface area contributed by atoms with Crippen LogP contribution in [-0.4, -0.2) is 24.5 Å². The summed E-state index contributed by atoms with van der Waals surface area (Å²) in [5.41, 5.74) is 1.09. The van der Waals surface area contributed by atoms with Crippen LogP contribution >= 0.6 is 0 Å². The molecule has 0 aromatic rings. The molecule has 0 aromatic heterocycles. The maximum atomic E-state index is 3.63. The molecule has 0 radical (unpaired) electrons. The van der Waals surface area contributed by atoms with Gasteiger partial charge in [-0.05, 0) is 32.1 Å². The number of hydrogen-bond acceptors (Lipinski definition) is 1. The number of hydrogen-bond donors (Lipinski definition) is 0. The fraction of sp³-hybridized carbons (Fsp3) is 0.467. The molecule has 0 N–H and O–H groups in total. The van der Waals surface area contributed by atoms with Gasteiger partial charge in [0.1, 0.15) is 0 Å². The van der Waals surface area contributed by atoms with E-state index in [2.05, 4.69) is 38.8 Å². The van der Waals surface area contributed by atoms with E-state index in [-0.39, 0.29) is 0 Å². The van der Waals surface area contributed by atoms with Gasteiger partial charge in [0, 0.05) is 0 Å². The monoisotopic (exact) mass is 221 g/mol. The molecule has 0 aromatic carbocycles. The molecule has 0 saturated carbocycles. The van der Waals surface area contributed by atoms with Gasteiger partial charge in [0.25, 0.3) is 0 Å². The average molecular weight is 221 g/mol. The Labute approximate surface area is 102 Å². The first kappa shape index (κ1) is 17.3. The van der Waals surface area contributed by atoms with Crippen LogP contribution in [0.4, 0.5) is 0 Å². The lowest BCUT2D eigenvalue weighted by atomic mass is 10.2. The highest BCUT2D eigenvalue weighted by Crippen LogP contribution is 1.96. The molecule has 0 fully saturated rings. The summed E-state index contributed by atoms with van der Waals surface area (Å²) >= 11 is 0. The normalized spacial score (nSPS) is 11.2. The van der Waals surface area contributed by atoms with Crippen molar-refractivity contribution in [2.24, 2.45) is 0 Å². The largest absolute Gasteiger partial charge is 0.304 e. The predicted molar refractivity (Wildman–Crippen MR) is 76.8 cm³/mol. The van der Waals surface area contributed by atoms with Crippen LogP contribution in [-0.2, 0) is 0 Å². The SMILES string of the molecule is C=C/C=C(C=C)\C=C/C.CCN(CC)CC. The Kier molecular flexibility index (Phi) is 15.1. The Hall–Kier alpha value is -1.08. The molecule has 0 bridgehead atoms. The number of nitrogens with zero attached hydrogens (tertiary/aromatic N) is 1. The van der Waals surface area contributed by atoms with E-state index in [1.165, 1.54) is 19.6 Å². The third-order valence-electron chi connectivity index (χ3n) is 2.25. The molecule has 0 unspecified atom stereocenters. The van der Waals surface area contributed by atoms with E-state index in [4.69, 9.17) is 0 Å². The highest BCUT2D eigenvalue weighted by atomic mass is 15.1. The quantitative estimate of drug-likeness (QED) is 0.607. The number of allylic oxidation sites excluding steroid dienone is 6. The van der Waals surface area contributed by atoms with Gasteiger partial charge >= 0.3 is 0 Å². The first-order valence-electron chi connectivity index (χ1n) is 6.00. The lowest BCUT2D eigenvalue weighted by molar-refractivity contribution is 0.321. The molecule has 0 spiro atoms. The van der Waals surface area contributed by atoms with Gasteiger partial charge in [0.05, 0.1) is 0 Å². The van der Waals surface area contributed by atoms with Crippen LogP contribution in [0, 0.1) is 0 Å². The Morgan fingerprint density at radius 1 is 1.06 bits per heavy atom. The van der Waals surface area contributed by atoms with Crippen molar-refractivity contribution in [1.82, 2.24) is 4.90 Å². The van der Waals surface area contributed by atoms with Crippen LogP contribution in [0.2, 0.25) is 0 Å². The van der Waals surface area contributed by atoms with Crippen LogP contribution in [0.25, 0.3) is 0 Å². The van der Waals surface area contributed by atoms with Gasteiger partial charge < -0.3 is 4.90 Å². The van der Waals surface area contributed by atoms with Crippen molar-refractivity contribution >= 4 is 0 Å².